The van der Waals surface area contributed by atoms with Crippen LogP contribution >= 0.6 is 0 Å². The predicted octanol–water partition coefficient (Wildman–Crippen LogP) is 1.54. The van der Waals surface area contributed by atoms with Gasteiger partial charge in [0.25, 0.3) is 5.91 Å². The Morgan fingerprint density at radius 3 is 2.21 bits per heavy atom. The average Bonchev–Trinajstić information content (AvgIpc) is 2.88. The summed E-state index contributed by atoms with van der Waals surface area (Å²) < 4.78 is 39.1. The molecular formula is C24H38N4O5S. The first-order valence-corrected chi connectivity index (χ1v) is 13.8. The van der Waals surface area contributed by atoms with Gasteiger partial charge in [-0.25, -0.2) is 8.42 Å². The summed E-state index contributed by atoms with van der Waals surface area (Å²) in [6, 6.07) is 4.99. The van der Waals surface area contributed by atoms with Gasteiger partial charge in [-0.2, -0.15) is 4.31 Å². The van der Waals surface area contributed by atoms with Gasteiger partial charge in [0.05, 0.1) is 36.9 Å². The highest BCUT2D eigenvalue weighted by Crippen LogP contribution is 2.28. The third kappa shape index (κ3) is 5.73. The van der Waals surface area contributed by atoms with Gasteiger partial charge in [0.15, 0.2) is 0 Å². The van der Waals surface area contributed by atoms with E-state index in [4.69, 9.17) is 9.47 Å². The Kier molecular flexibility index (Phi) is 8.14. The molecule has 3 fully saturated rings. The Hall–Kier alpha value is -1.72. The molecule has 34 heavy (non-hydrogen) atoms. The van der Waals surface area contributed by atoms with E-state index in [1.807, 2.05) is 0 Å². The maximum absolute atomic E-state index is 13.5. The highest BCUT2D eigenvalue weighted by atomic mass is 32.2. The minimum atomic E-state index is -3.64. The van der Waals surface area contributed by atoms with Crippen molar-refractivity contribution in [1.29, 1.82) is 0 Å². The smallest absolute Gasteiger partial charge is 0.253 e. The number of ether oxygens (including phenoxy) is 2. The van der Waals surface area contributed by atoms with E-state index < -0.39 is 10.0 Å². The van der Waals surface area contributed by atoms with Gasteiger partial charge in [0, 0.05) is 57.0 Å². The minimum absolute atomic E-state index is 0.184. The van der Waals surface area contributed by atoms with Crippen LogP contribution in [0.25, 0.3) is 0 Å². The van der Waals surface area contributed by atoms with Crippen LogP contribution in [0.1, 0.15) is 43.5 Å². The van der Waals surface area contributed by atoms with Crippen LogP contribution in [0.2, 0.25) is 0 Å². The van der Waals surface area contributed by atoms with Gasteiger partial charge in [-0.1, -0.05) is 6.42 Å². The van der Waals surface area contributed by atoms with Crippen molar-refractivity contribution in [2.45, 2.75) is 43.5 Å². The van der Waals surface area contributed by atoms with Gasteiger partial charge >= 0.3 is 0 Å². The van der Waals surface area contributed by atoms with Crippen LogP contribution in [0, 0.1) is 0 Å². The summed E-state index contributed by atoms with van der Waals surface area (Å²) in [6.07, 6.45) is 2.79. The Labute approximate surface area is 203 Å². The summed E-state index contributed by atoms with van der Waals surface area (Å²) in [4.78, 5) is 18.1. The van der Waals surface area contributed by atoms with Crippen molar-refractivity contribution in [3.63, 3.8) is 0 Å². The maximum atomic E-state index is 13.5. The first-order valence-electron chi connectivity index (χ1n) is 12.4. The van der Waals surface area contributed by atoms with Crippen molar-refractivity contribution >= 4 is 21.6 Å². The number of nitrogens with one attached hydrogen (secondary N) is 1. The van der Waals surface area contributed by atoms with Crippen molar-refractivity contribution in [3.05, 3.63) is 23.8 Å². The number of hydrogen-bond donors (Lipinski definition) is 1. The molecule has 1 N–H and O–H groups in total. The molecular weight excluding hydrogens is 456 g/mol. The second kappa shape index (κ2) is 10.9. The molecule has 0 radical (unpaired) electrons. The monoisotopic (exact) mass is 494 g/mol. The number of nitrogens with zero attached hydrogens (tertiary/aromatic N) is 3. The fourth-order valence-electron chi connectivity index (χ4n) is 4.86. The quantitative estimate of drug-likeness (QED) is 0.615. The molecule has 10 heteroatoms. The molecule has 190 valence electrons. The lowest BCUT2D eigenvalue weighted by molar-refractivity contribution is -0.00923. The third-order valence-electron chi connectivity index (χ3n) is 7.07. The van der Waals surface area contributed by atoms with E-state index in [0.717, 1.165) is 38.0 Å². The standard InChI is InChI=1S/C24H38N4O5S/c1-24(2,27-12-16-33-17-13-27)19-25-23(29)21-18-20(34(30,31)28-8-4-3-5-9-28)6-7-22(21)26-10-14-32-15-11-26/h6-7,18H,3-5,8-17,19H2,1-2H3,(H,25,29). The summed E-state index contributed by atoms with van der Waals surface area (Å²) in [5.41, 5.74) is 0.913. The summed E-state index contributed by atoms with van der Waals surface area (Å²) in [5.74, 6) is -0.251. The molecule has 1 aromatic carbocycles. The number of amides is 1. The number of piperidine rings is 1. The van der Waals surface area contributed by atoms with Crippen LogP contribution in [0.4, 0.5) is 5.69 Å². The van der Waals surface area contributed by atoms with E-state index in [2.05, 4.69) is 29.0 Å². The molecule has 0 aromatic heterocycles. The number of carbonyl (C=O) groups excluding carboxylic acids is 1. The number of sulfonamides is 1. The molecule has 1 aromatic rings. The number of rotatable bonds is 7. The van der Waals surface area contributed by atoms with Crippen molar-refractivity contribution < 1.29 is 22.7 Å². The summed E-state index contributed by atoms with van der Waals surface area (Å²) in [7, 11) is -3.64. The van der Waals surface area contributed by atoms with E-state index >= 15 is 0 Å². The zero-order valence-electron chi connectivity index (χ0n) is 20.4. The molecule has 3 aliphatic heterocycles. The predicted molar refractivity (Wildman–Crippen MR) is 131 cm³/mol. The van der Waals surface area contributed by atoms with Crippen molar-refractivity contribution in [2.75, 3.05) is 77.1 Å². The number of anilines is 1. The lowest BCUT2D eigenvalue weighted by Gasteiger charge is -2.41. The largest absolute Gasteiger partial charge is 0.379 e. The molecule has 0 atom stereocenters. The number of morpholine rings is 2. The molecule has 1 amide bonds. The fourth-order valence-corrected chi connectivity index (χ4v) is 6.41. The van der Waals surface area contributed by atoms with Crippen LogP contribution in [0.15, 0.2) is 23.1 Å². The molecule has 0 aliphatic carbocycles. The molecule has 0 bridgehead atoms. The van der Waals surface area contributed by atoms with Crippen molar-refractivity contribution in [2.24, 2.45) is 0 Å². The second-order valence-corrected chi connectivity index (χ2v) is 11.8. The van der Waals surface area contributed by atoms with E-state index in [-0.39, 0.29) is 16.3 Å². The van der Waals surface area contributed by atoms with E-state index in [0.29, 0.717) is 64.7 Å². The molecule has 3 heterocycles. The second-order valence-electron chi connectivity index (χ2n) is 9.84. The number of benzene rings is 1. The summed E-state index contributed by atoms with van der Waals surface area (Å²) >= 11 is 0. The maximum Gasteiger partial charge on any atom is 0.253 e. The van der Waals surface area contributed by atoms with Crippen molar-refractivity contribution in [1.82, 2.24) is 14.5 Å². The highest BCUT2D eigenvalue weighted by Gasteiger charge is 2.31. The first-order chi connectivity index (χ1) is 16.3. The Morgan fingerprint density at radius 2 is 1.56 bits per heavy atom. The van der Waals surface area contributed by atoms with Gasteiger partial charge in [0.1, 0.15) is 0 Å². The van der Waals surface area contributed by atoms with E-state index in [9.17, 15) is 13.2 Å². The molecule has 0 unspecified atom stereocenters. The zero-order chi connectivity index (χ0) is 24.2. The van der Waals surface area contributed by atoms with Crippen LogP contribution in [-0.2, 0) is 19.5 Å². The summed E-state index contributed by atoms with van der Waals surface area (Å²) in [6.45, 7) is 11.3. The number of hydrogen-bond acceptors (Lipinski definition) is 7. The van der Waals surface area contributed by atoms with Crippen LogP contribution in [-0.4, -0.2) is 101 Å². The topological polar surface area (TPSA) is 91.4 Å². The molecule has 0 saturated carbocycles. The van der Waals surface area contributed by atoms with Crippen LogP contribution < -0.4 is 10.2 Å². The molecule has 9 nitrogen and oxygen atoms in total. The average molecular weight is 495 g/mol. The molecule has 4 rings (SSSR count). The van der Waals surface area contributed by atoms with E-state index in [1.54, 1.807) is 22.5 Å². The van der Waals surface area contributed by atoms with Gasteiger partial charge in [-0.05, 0) is 44.9 Å². The molecule has 3 saturated heterocycles. The van der Waals surface area contributed by atoms with Gasteiger partial charge in [-0.15, -0.1) is 0 Å². The normalized spacial score (nSPS) is 21.4. The Bertz CT molecular complexity index is 950. The lowest BCUT2D eigenvalue weighted by atomic mass is 10.0. The van der Waals surface area contributed by atoms with Gasteiger partial charge in [-0.3, -0.25) is 9.69 Å². The fraction of sp³-hybridized carbons (Fsp3) is 0.708. The van der Waals surface area contributed by atoms with Crippen LogP contribution in [0.5, 0.6) is 0 Å². The van der Waals surface area contributed by atoms with E-state index in [1.165, 1.54) is 0 Å². The Morgan fingerprint density at radius 1 is 0.941 bits per heavy atom. The summed E-state index contributed by atoms with van der Waals surface area (Å²) in [5, 5.41) is 3.09. The SMILES string of the molecule is CC(C)(CNC(=O)c1cc(S(=O)(=O)N2CCCCC2)ccc1N1CCOCC1)N1CCOCC1. The van der Waals surface area contributed by atoms with Crippen molar-refractivity contribution in [3.8, 4) is 0 Å². The lowest BCUT2D eigenvalue weighted by Crippen LogP contribution is -2.55. The number of carbonyl (C=O) groups is 1. The van der Waals surface area contributed by atoms with Gasteiger partial charge < -0.3 is 19.7 Å². The van der Waals surface area contributed by atoms with Crippen LogP contribution in [0.3, 0.4) is 0 Å². The van der Waals surface area contributed by atoms with Gasteiger partial charge in [0.2, 0.25) is 10.0 Å². The third-order valence-corrected chi connectivity index (χ3v) is 8.96. The zero-order valence-corrected chi connectivity index (χ0v) is 21.2. The first kappa shape index (κ1) is 25.4. The molecule has 0 spiro atoms. The highest BCUT2D eigenvalue weighted by molar-refractivity contribution is 7.89. The Balaban J connectivity index is 1.58. The molecule has 3 aliphatic rings. The minimum Gasteiger partial charge on any atom is -0.379 e.